The second kappa shape index (κ2) is 6.47. The molecule has 1 aromatic carbocycles. The number of halogens is 1. The first-order valence-corrected chi connectivity index (χ1v) is 7.07. The maximum absolute atomic E-state index is 13.8. The van der Waals surface area contributed by atoms with Gasteiger partial charge in [0, 0.05) is 18.8 Å². The molecule has 0 saturated heterocycles. The lowest BCUT2D eigenvalue weighted by Crippen LogP contribution is -2.02. The Hall–Kier alpha value is -2.24. The van der Waals surface area contributed by atoms with Gasteiger partial charge in [-0.2, -0.15) is 5.10 Å². The molecule has 2 aromatic rings. The molecule has 0 aliphatic rings. The van der Waals surface area contributed by atoms with E-state index in [4.69, 9.17) is 10.5 Å². The maximum Gasteiger partial charge on any atom is 0.167 e. The summed E-state index contributed by atoms with van der Waals surface area (Å²) in [4.78, 5) is 0. The fourth-order valence-electron chi connectivity index (χ4n) is 2.15. The molecule has 0 fully saturated rings. The number of nitrogens with two attached hydrogens (primary N) is 1. The van der Waals surface area contributed by atoms with Gasteiger partial charge < -0.3 is 15.8 Å². The molecule has 21 heavy (non-hydrogen) atoms. The van der Waals surface area contributed by atoms with Crippen molar-refractivity contribution in [1.82, 2.24) is 9.78 Å². The van der Waals surface area contributed by atoms with Gasteiger partial charge in [0.05, 0.1) is 18.0 Å². The molecular weight excluding hydrogens is 271 g/mol. The van der Waals surface area contributed by atoms with Crippen molar-refractivity contribution in [1.29, 1.82) is 0 Å². The molecule has 6 heteroatoms. The van der Waals surface area contributed by atoms with Gasteiger partial charge in [0.2, 0.25) is 0 Å². The van der Waals surface area contributed by atoms with Gasteiger partial charge in [-0.05, 0) is 25.5 Å². The van der Waals surface area contributed by atoms with Crippen LogP contribution in [-0.4, -0.2) is 16.4 Å². The largest absolute Gasteiger partial charge is 0.491 e. The lowest BCUT2D eigenvalue weighted by Gasteiger charge is -2.10. The summed E-state index contributed by atoms with van der Waals surface area (Å²) in [7, 11) is 1.81. The summed E-state index contributed by atoms with van der Waals surface area (Å²) in [6, 6.07) is 4.73. The van der Waals surface area contributed by atoms with Crippen LogP contribution in [0.15, 0.2) is 18.2 Å². The molecule has 0 radical (unpaired) electrons. The number of aryl methyl sites for hydroxylation is 2. The monoisotopic (exact) mass is 292 g/mol. The Balaban J connectivity index is 2.24. The van der Waals surface area contributed by atoms with E-state index in [-0.39, 0.29) is 5.75 Å². The van der Waals surface area contributed by atoms with Crippen LogP contribution in [0.2, 0.25) is 0 Å². The first-order chi connectivity index (χ1) is 10.1. The Morgan fingerprint density at radius 2 is 2.14 bits per heavy atom. The Morgan fingerprint density at radius 1 is 1.38 bits per heavy atom. The fourth-order valence-corrected chi connectivity index (χ4v) is 2.15. The molecule has 0 aliphatic heterocycles. The van der Waals surface area contributed by atoms with Crippen molar-refractivity contribution in [2.75, 3.05) is 17.7 Å². The normalized spacial score (nSPS) is 10.7. The molecule has 114 valence electrons. The third-order valence-electron chi connectivity index (χ3n) is 3.14. The van der Waals surface area contributed by atoms with Gasteiger partial charge in [-0.15, -0.1) is 0 Å². The average Bonchev–Trinajstić information content (AvgIpc) is 2.70. The SMILES string of the molecule is CCCc1nn(C)c(Nc2ccc(OCC)c(F)c2)c1N. The summed E-state index contributed by atoms with van der Waals surface area (Å²) in [5, 5.41) is 7.49. The zero-order valence-electron chi connectivity index (χ0n) is 12.6. The van der Waals surface area contributed by atoms with Crippen LogP contribution >= 0.6 is 0 Å². The highest BCUT2D eigenvalue weighted by molar-refractivity contribution is 5.71. The quantitative estimate of drug-likeness (QED) is 0.858. The number of nitrogen functional groups attached to an aromatic ring is 1. The van der Waals surface area contributed by atoms with E-state index in [9.17, 15) is 4.39 Å². The lowest BCUT2D eigenvalue weighted by molar-refractivity contribution is 0.321. The number of ether oxygens (including phenoxy) is 1. The Labute approximate surface area is 123 Å². The molecule has 0 unspecified atom stereocenters. The van der Waals surface area contributed by atoms with E-state index >= 15 is 0 Å². The molecule has 1 aromatic heterocycles. The topological polar surface area (TPSA) is 65.1 Å². The number of hydrogen-bond donors (Lipinski definition) is 2. The van der Waals surface area contributed by atoms with Crippen molar-refractivity contribution in [3.63, 3.8) is 0 Å². The third-order valence-corrected chi connectivity index (χ3v) is 3.14. The molecule has 0 spiro atoms. The summed E-state index contributed by atoms with van der Waals surface area (Å²) in [5.74, 6) is 0.506. The van der Waals surface area contributed by atoms with E-state index in [1.165, 1.54) is 6.07 Å². The van der Waals surface area contributed by atoms with E-state index in [0.717, 1.165) is 18.5 Å². The maximum atomic E-state index is 13.8. The number of anilines is 3. The number of benzene rings is 1. The summed E-state index contributed by atoms with van der Waals surface area (Å²) in [6.07, 6.45) is 1.79. The van der Waals surface area contributed by atoms with Crippen molar-refractivity contribution in [2.45, 2.75) is 26.7 Å². The zero-order chi connectivity index (χ0) is 15.4. The summed E-state index contributed by atoms with van der Waals surface area (Å²) in [6.45, 7) is 4.32. The fraction of sp³-hybridized carbons (Fsp3) is 0.400. The minimum Gasteiger partial charge on any atom is -0.491 e. The van der Waals surface area contributed by atoms with Gasteiger partial charge in [-0.25, -0.2) is 4.39 Å². The lowest BCUT2D eigenvalue weighted by atomic mass is 10.2. The van der Waals surface area contributed by atoms with Crippen molar-refractivity contribution >= 4 is 17.2 Å². The standard InChI is InChI=1S/C15H21FN4O/c1-4-6-12-14(17)15(20(3)19-12)18-10-7-8-13(21-5-2)11(16)9-10/h7-9,18H,4-6,17H2,1-3H3. The van der Waals surface area contributed by atoms with Crippen LogP contribution in [0.3, 0.4) is 0 Å². The van der Waals surface area contributed by atoms with Crippen LogP contribution in [0.25, 0.3) is 0 Å². The third kappa shape index (κ3) is 3.26. The molecule has 2 rings (SSSR count). The smallest absolute Gasteiger partial charge is 0.167 e. The molecule has 0 bridgehead atoms. The number of hydrogen-bond acceptors (Lipinski definition) is 4. The first kappa shape index (κ1) is 15.2. The van der Waals surface area contributed by atoms with Crippen LogP contribution in [0.4, 0.5) is 21.6 Å². The van der Waals surface area contributed by atoms with Crippen molar-refractivity contribution in [3.05, 3.63) is 29.7 Å². The van der Waals surface area contributed by atoms with E-state index in [1.807, 2.05) is 14.0 Å². The van der Waals surface area contributed by atoms with Crippen molar-refractivity contribution < 1.29 is 9.13 Å². The van der Waals surface area contributed by atoms with Crippen LogP contribution in [0.1, 0.15) is 26.0 Å². The van der Waals surface area contributed by atoms with Crippen LogP contribution in [0.5, 0.6) is 5.75 Å². The van der Waals surface area contributed by atoms with E-state index < -0.39 is 5.82 Å². The van der Waals surface area contributed by atoms with Gasteiger partial charge in [0.15, 0.2) is 17.4 Å². The van der Waals surface area contributed by atoms with E-state index in [1.54, 1.807) is 16.8 Å². The highest BCUT2D eigenvalue weighted by Gasteiger charge is 2.13. The highest BCUT2D eigenvalue weighted by Crippen LogP contribution is 2.28. The second-order valence-corrected chi connectivity index (χ2v) is 4.79. The highest BCUT2D eigenvalue weighted by atomic mass is 19.1. The van der Waals surface area contributed by atoms with Crippen molar-refractivity contribution in [2.24, 2.45) is 7.05 Å². The van der Waals surface area contributed by atoms with E-state index in [2.05, 4.69) is 17.3 Å². The van der Waals surface area contributed by atoms with Crippen LogP contribution in [0, 0.1) is 5.82 Å². The predicted octanol–water partition coefficient (Wildman–Crippen LogP) is 3.24. The average molecular weight is 292 g/mol. The van der Waals surface area contributed by atoms with Crippen LogP contribution < -0.4 is 15.8 Å². The molecule has 0 atom stereocenters. The molecule has 1 heterocycles. The molecule has 5 nitrogen and oxygen atoms in total. The Kier molecular flexibility index (Phi) is 4.67. The van der Waals surface area contributed by atoms with Gasteiger partial charge >= 0.3 is 0 Å². The van der Waals surface area contributed by atoms with Gasteiger partial charge in [-0.3, -0.25) is 4.68 Å². The summed E-state index contributed by atoms with van der Waals surface area (Å²) < 4.78 is 20.7. The van der Waals surface area contributed by atoms with Crippen molar-refractivity contribution in [3.8, 4) is 5.75 Å². The van der Waals surface area contributed by atoms with Gasteiger partial charge in [0.25, 0.3) is 0 Å². The number of nitrogens with one attached hydrogen (secondary N) is 1. The van der Waals surface area contributed by atoms with Gasteiger partial charge in [0.1, 0.15) is 0 Å². The van der Waals surface area contributed by atoms with Gasteiger partial charge in [-0.1, -0.05) is 13.3 Å². The molecule has 0 amide bonds. The minimum absolute atomic E-state index is 0.243. The number of nitrogens with zero attached hydrogens (tertiary/aromatic N) is 2. The first-order valence-electron chi connectivity index (χ1n) is 7.07. The predicted molar refractivity (Wildman–Crippen MR) is 82.5 cm³/mol. The molecular formula is C15H21FN4O. The molecule has 0 aliphatic carbocycles. The zero-order valence-corrected chi connectivity index (χ0v) is 12.6. The Morgan fingerprint density at radius 3 is 2.76 bits per heavy atom. The molecule has 0 saturated carbocycles. The number of rotatable bonds is 6. The second-order valence-electron chi connectivity index (χ2n) is 4.79. The molecule has 3 N–H and O–H groups in total. The summed E-state index contributed by atoms with van der Waals surface area (Å²) >= 11 is 0. The summed E-state index contributed by atoms with van der Waals surface area (Å²) in [5.41, 5.74) is 8.16. The van der Waals surface area contributed by atoms with Crippen LogP contribution in [-0.2, 0) is 13.5 Å². The number of aromatic nitrogens is 2. The Bertz CT molecular complexity index is 624. The van der Waals surface area contributed by atoms with E-state index in [0.29, 0.717) is 23.8 Å². The minimum atomic E-state index is -0.406.